The zero-order valence-electron chi connectivity index (χ0n) is 15.9. The normalized spacial score (nSPS) is 16.6. The number of fused-ring (bicyclic) bond motifs is 2. The van der Waals surface area contributed by atoms with E-state index in [2.05, 4.69) is 16.5 Å². The number of rotatable bonds is 2. The number of halogens is 1. The Morgan fingerprint density at radius 3 is 2.90 bits per heavy atom. The average Bonchev–Trinajstić information content (AvgIpc) is 3.27. The number of nitriles is 1. The second-order valence-electron chi connectivity index (χ2n) is 7.17. The highest BCUT2D eigenvalue weighted by molar-refractivity contribution is 5.85. The number of nitrogens with zero attached hydrogens (tertiary/aromatic N) is 6. The van der Waals surface area contributed by atoms with Gasteiger partial charge in [0.05, 0.1) is 40.6 Å². The summed E-state index contributed by atoms with van der Waals surface area (Å²) in [5.74, 6) is 0. The third-order valence-corrected chi connectivity index (χ3v) is 5.50. The number of hydrogen-bond donors (Lipinski definition) is 1. The Kier molecular flexibility index (Phi) is 4.86. The molecule has 5 rings (SSSR count). The van der Waals surface area contributed by atoms with Gasteiger partial charge in [-0.25, -0.2) is 14.3 Å². The van der Waals surface area contributed by atoms with E-state index in [1.807, 2.05) is 16.7 Å². The molecule has 0 unspecified atom stereocenters. The lowest BCUT2D eigenvalue weighted by atomic mass is 10.1. The van der Waals surface area contributed by atoms with Gasteiger partial charge in [-0.15, -0.1) is 12.4 Å². The maximum Gasteiger partial charge on any atom is 0.330 e. The van der Waals surface area contributed by atoms with Gasteiger partial charge in [-0.3, -0.25) is 9.13 Å². The fourth-order valence-electron chi connectivity index (χ4n) is 4.02. The molecule has 0 saturated carbocycles. The van der Waals surface area contributed by atoms with Crippen molar-refractivity contribution in [1.29, 1.82) is 5.26 Å². The number of piperidine rings is 1. The summed E-state index contributed by atoms with van der Waals surface area (Å²) in [5.41, 5.74) is 4.42. The van der Waals surface area contributed by atoms with Gasteiger partial charge in [0.2, 0.25) is 0 Å². The van der Waals surface area contributed by atoms with E-state index in [9.17, 15) is 10.1 Å². The summed E-state index contributed by atoms with van der Waals surface area (Å²) in [6, 6.07) is 9.63. The van der Waals surface area contributed by atoms with E-state index in [4.69, 9.17) is 4.98 Å². The van der Waals surface area contributed by atoms with Gasteiger partial charge in [0, 0.05) is 25.4 Å². The van der Waals surface area contributed by atoms with Crippen molar-refractivity contribution in [2.75, 3.05) is 13.1 Å². The number of aromatic nitrogens is 5. The lowest BCUT2D eigenvalue weighted by Gasteiger charge is -2.23. The number of pyridine rings is 2. The van der Waals surface area contributed by atoms with E-state index in [0.29, 0.717) is 11.2 Å². The van der Waals surface area contributed by atoms with Crippen LogP contribution >= 0.6 is 12.4 Å². The van der Waals surface area contributed by atoms with E-state index >= 15 is 0 Å². The molecule has 4 aromatic rings. The molecule has 1 fully saturated rings. The fraction of sp³-hybridized carbons (Fsp3) is 0.300. The second-order valence-corrected chi connectivity index (χ2v) is 7.17. The smallest absolute Gasteiger partial charge is 0.315 e. The third-order valence-electron chi connectivity index (χ3n) is 5.50. The van der Waals surface area contributed by atoms with Crippen LogP contribution < -0.4 is 11.0 Å². The predicted molar refractivity (Wildman–Crippen MR) is 112 cm³/mol. The summed E-state index contributed by atoms with van der Waals surface area (Å²) < 4.78 is 5.20. The maximum atomic E-state index is 12.9. The lowest BCUT2D eigenvalue weighted by Crippen LogP contribution is -2.36. The fourth-order valence-corrected chi connectivity index (χ4v) is 4.02. The van der Waals surface area contributed by atoms with Crippen LogP contribution in [0.5, 0.6) is 0 Å². The van der Waals surface area contributed by atoms with Gasteiger partial charge < -0.3 is 5.32 Å². The first kappa shape index (κ1) is 19.2. The molecule has 8 nitrogen and oxygen atoms in total. The number of hydrogen-bond acceptors (Lipinski definition) is 5. The van der Waals surface area contributed by atoms with Crippen molar-refractivity contribution in [3.05, 3.63) is 52.7 Å². The Bertz CT molecular complexity index is 1300. The van der Waals surface area contributed by atoms with E-state index in [0.717, 1.165) is 48.2 Å². The van der Waals surface area contributed by atoms with Crippen molar-refractivity contribution in [2.24, 2.45) is 7.05 Å². The van der Waals surface area contributed by atoms with Crippen LogP contribution in [0, 0.1) is 11.3 Å². The quantitative estimate of drug-likeness (QED) is 0.548. The van der Waals surface area contributed by atoms with Crippen LogP contribution in [-0.4, -0.2) is 36.8 Å². The van der Waals surface area contributed by atoms with Crippen molar-refractivity contribution in [3.63, 3.8) is 0 Å². The van der Waals surface area contributed by atoms with Crippen LogP contribution in [-0.2, 0) is 7.05 Å². The van der Waals surface area contributed by atoms with Crippen LogP contribution in [0.2, 0.25) is 0 Å². The molecule has 1 atom stereocenters. The van der Waals surface area contributed by atoms with Gasteiger partial charge in [0.25, 0.3) is 0 Å². The van der Waals surface area contributed by atoms with Crippen LogP contribution in [0.4, 0.5) is 0 Å². The number of aryl methyl sites for hydroxylation is 1. The van der Waals surface area contributed by atoms with Crippen molar-refractivity contribution < 1.29 is 0 Å². The molecule has 1 aliphatic rings. The van der Waals surface area contributed by atoms with Crippen molar-refractivity contribution in [2.45, 2.75) is 18.9 Å². The highest BCUT2D eigenvalue weighted by Gasteiger charge is 2.23. The molecule has 5 heterocycles. The Balaban J connectivity index is 0.00000205. The van der Waals surface area contributed by atoms with Crippen molar-refractivity contribution in [1.82, 2.24) is 29.0 Å². The molecule has 0 radical (unpaired) electrons. The summed E-state index contributed by atoms with van der Waals surface area (Å²) in [5, 5.41) is 17.0. The third kappa shape index (κ3) is 2.99. The van der Waals surface area contributed by atoms with Gasteiger partial charge in [-0.1, -0.05) is 0 Å². The first-order chi connectivity index (χ1) is 13.7. The summed E-state index contributed by atoms with van der Waals surface area (Å²) in [4.78, 5) is 17.7. The van der Waals surface area contributed by atoms with Gasteiger partial charge in [0.1, 0.15) is 0 Å². The number of nitrogens with one attached hydrogen (secondary N) is 1. The molecule has 0 aromatic carbocycles. The minimum Gasteiger partial charge on any atom is -0.315 e. The topological polar surface area (TPSA) is 92.9 Å². The lowest BCUT2D eigenvalue weighted by molar-refractivity contribution is 0.368. The van der Waals surface area contributed by atoms with Gasteiger partial charge in [0.15, 0.2) is 5.65 Å². The molecule has 1 aliphatic heterocycles. The molecule has 9 heteroatoms. The second kappa shape index (κ2) is 7.35. The minimum atomic E-state index is -0.0417. The molecular formula is C20H20ClN7O. The van der Waals surface area contributed by atoms with Crippen molar-refractivity contribution >= 4 is 29.1 Å². The van der Waals surface area contributed by atoms with Crippen LogP contribution in [0.1, 0.15) is 24.4 Å². The van der Waals surface area contributed by atoms with E-state index < -0.39 is 0 Å². The van der Waals surface area contributed by atoms with Crippen LogP contribution in [0.15, 0.2) is 41.5 Å². The molecule has 4 aromatic heterocycles. The van der Waals surface area contributed by atoms with Gasteiger partial charge in [-0.2, -0.15) is 10.4 Å². The zero-order valence-corrected chi connectivity index (χ0v) is 16.7. The number of imidazole rings is 1. The van der Waals surface area contributed by atoms with Crippen LogP contribution in [0.25, 0.3) is 27.9 Å². The molecule has 1 saturated heterocycles. The first-order valence-electron chi connectivity index (χ1n) is 9.34. The predicted octanol–water partition coefficient (Wildman–Crippen LogP) is 2.27. The Labute approximate surface area is 172 Å². The van der Waals surface area contributed by atoms with Gasteiger partial charge >= 0.3 is 5.69 Å². The van der Waals surface area contributed by atoms with Crippen molar-refractivity contribution in [3.8, 4) is 17.3 Å². The molecule has 0 amide bonds. The molecule has 29 heavy (non-hydrogen) atoms. The van der Waals surface area contributed by atoms with E-state index in [-0.39, 0.29) is 24.1 Å². The molecule has 0 aliphatic carbocycles. The monoisotopic (exact) mass is 409 g/mol. The standard InChI is InChI=1S/C20H19N7O.ClH/c1-25-17-5-4-16(15-12-23-26-8-6-13(10-21)9-18(15)26)24-19(17)27(20(25)28)14-3-2-7-22-11-14;/h4-6,8-9,12,14,22H,2-3,7,11H2,1H3;1H/t14-;/m0./s1. The zero-order chi connectivity index (χ0) is 19.3. The largest absolute Gasteiger partial charge is 0.330 e. The molecule has 0 spiro atoms. The minimum absolute atomic E-state index is 0. The Hall–Kier alpha value is -3.15. The highest BCUT2D eigenvalue weighted by atomic mass is 35.5. The summed E-state index contributed by atoms with van der Waals surface area (Å²) in [6.45, 7) is 1.76. The summed E-state index contributed by atoms with van der Waals surface area (Å²) in [7, 11) is 1.79. The Morgan fingerprint density at radius 1 is 1.28 bits per heavy atom. The van der Waals surface area contributed by atoms with E-state index in [1.165, 1.54) is 0 Å². The molecule has 1 N–H and O–H groups in total. The van der Waals surface area contributed by atoms with Gasteiger partial charge in [-0.05, 0) is 43.7 Å². The van der Waals surface area contributed by atoms with E-state index in [1.54, 1.807) is 40.7 Å². The highest BCUT2D eigenvalue weighted by Crippen LogP contribution is 2.27. The molecular weight excluding hydrogens is 390 g/mol. The van der Waals surface area contributed by atoms with Crippen LogP contribution in [0.3, 0.4) is 0 Å². The first-order valence-corrected chi connectivity index (χ1v) is 9.34. The SMILES string of the molecule is Cl.Cn1c(=O)n([C@H]2CCCNC2)c2nc(-c3cnn4ccc(C#N)cc34)ccc21. The maximum absolute atomic E-state index is 12.9. The molecule has 0 bridgehead atoms. The average molecular weight is 410 g/mol. The Morgan fingerprint density at radius 2 is 2.14 bits per heavy atom. The summed E-state index contributed by atoms with van der Waals surface area (Å²) >= 11 is 0. The molecule has 148 valence electrons. The summed E-state index contributed by atoms with van der Waals surface area (Å²) in [6.07, 6.45) is 5.51.